The SMILES string of the molecule is CCCCCCCCCC/C=C\CCCCCCCCCCCCCCCCCC(=O)OCC(COC(=O)CCCCCCC)OC(=O)CCCCCCCCCCC/C=C\CCCCCCCCCC. The van der Waals surface area contributed by atoms with Gasteiger partial charge in [-0.15, -0.1) is 0 Å². The molecule has 0 spiro atoms. The Hall–Kier alpha value is -2.11. The normalized spacial score (nSPS) is 12.1. The third kappa shape index (κ3) is 58.7. The van der Waals surface area contributed by atoms with Gasteiger partial charge in [-0.1, -0.05) is 289 Å². The monoisotopic (exact) mass is 999 g/mol. The Labute approximate surface area is 443 Å². The highest BCUT2D eigenvalue weighted by Crippen LogP contribution is 2.17. The fourth-order valence-corrected chi connectivity index (χ4v) is 9.61. The minimum Gasteiger partial charge on any atom is -0.462 e. The standard InChI is InChI=1S/C65H122O6/c1-4-7-10-13-15-17-19-21-23-25-27-29-30-31-32-33-34-36-37-39-41-43-45-47-49-52-55-58-64(67)70-61-62(60-69-63(66)57-54-51-12-9-6-3)71-65(68)59-56-53-50-48-46-44-42-40-38-35-28-26-24-22-20-18-16-14-11-8-5-2/h25-28,62H,4-24,29-61H2,1-3H3/b27-25-,28-26-. The maximum absolute atomic E-state index is 12.8. The fraction of sp³-hybridized carbons (Fsp3) is 0.892. The number of rotatable bonds is 59. The topological polar surface area (TPSA) is 78.9 Å². The molecule has 1 atom stereocenters. The van der Waals surface area contributed by atoms with Crippen molar-refractivity contribution < 1.29 is 28.6 Å². The van der Waals surface area contributed by atoms with E-state index in [1.807, 2.05) is 0 Å². The van der Waals surface area contributed by atoms with Gasteiger partial charge in [0.2, 0.25) is 0 Å². The van der Waals surface area contributed by atoms with Crippen LogP contribution in [0.2, 0.25) is 0 Å². The van der Waals surface area contributed by atoms with Gasteiger partial charge < -0.3 is 14.2 Å². The van der Waals surface area contributed by atoms with Gasteiger partial charge in [-0.2, -0.15) is 0 Å². The summed E-state index contributed by atoms with van der Waals surface area (Å²) < 4.78 is 16.8. The van der Waals surface area contributed by atoms with Crippen LogP contribution < -0.4 is 0 Å². The quantitative estimate of drug-likeness (QED) is 0.0261. The molecule has 418 valence electrons. The summed E-state index contributed by atoms with van der Waals surface area (Å²) >= 11 is 0. The number of hydrogen-bond donors (Lipinski definition) is 0. The van der Waals surface area contributed by atoms with E-state index in [1.54, 1.807) is 0 Å². The van der Waals surface area contributed by atoms with Crippen molar-refractivity contribution in [1.82, 2.24) is 0 Å². The molecule has 0 aliphatic heterocycles. The Kier molecular flexibility index (Phi) is 58.6. The molecule has 0 aromatic rings. The zero-order valence-corrected chi connectivity index (χ0v) is 48.0. The Balaban J connectivity index is 3.98. The van der Waals surface area contributed by atoms with Crippen molar-refractivity contribution in [2.75, 3.05) is 13.2 Å². The average molecular weight is 1000 g/mol. The van der Waals surface area contributed by atoms with Crippen molar-refractivity contribution in [1.29, 1.82) is 0 Å². The Morgan fingerprint density at radius 2 is 0.465 bits per heavy atom. The lowest BCUT2D eigenvalue weighted by Crippen LogP contribution is -2.30. The van der Waals surface area contributed by atoms with Crippen molar-refractivity contribution in [2.24, 2.45) is 0 Å². The Morgan fingerprint density at radius 3 is 0.704 bits per heavy atom. The van der Waals surface area contributed by atoms with Gasteiger partial charge in [0.05, 0.1) is 0 Å². The lowest BCUT2D eigenvalue weighted by Gasteiger charge is -2.18. The summed E-state index contributed by atoms with van der Waals surface area (Å²) in [5.74, 6) is -0.863. The smallest absolute Gasteiger partial charge is 0.306 e. The molecule has 0 saturated heterocycles. The van der Waals surface area contributed by atoms with E-state index in [0.717, 1.165) is 64.2 Å². The van der Waals surface area contributed by atoms with Gasteiger partial charge >= 0.3 is 17.9 Å². The molecule has 0 rings (SSSR count). The molecule has 0 N–H and O–H groups in total. The first-order valence-corrected chi connectivity index (χ1v) is 31.8. The number of carbonyl (C=O) groups excluding carboxylic acids is 3. The summed E-state index contributed by atoms with van der Waals surface area (Å²) in [6.07, 6.45) is 72.4. The predicted molar refractivity (Wildman–Crippen MR) is 307 cm³/mol. The molecule has 6 nitrogen and oxygen atoms in total. The molecule has 6 heteroatoms. The van der Waals surface area contributed by atoms with Gasteiger partial charge in [0.25, 0.3) is 0 Å². The third-order valence-electron chi connectivity index (χ3n) is 14.4. The Bertz CT molecular complexity index is 1150. The summed E-state index contributed by atoms with van der Waals surface area (Å²) in [7, 11) is 0. The number of allylic oxidation sites excluding steroid dienone is 4. The van der Waals surface area contributed by atoms with Crippen LogP contribution in [0, 0.1) is 0 Å². The van der Waals surface area contributed by atoms with Crippen molar-refractivity contribution in [2.45, 2.75) is 361 Å². The van der Waals surface area contributed by atoms with E-state index in [1.165, 1.54) is 250 Å². The van der Waals surface area contributed by atoms with Crippen LogP contribution in [0.3, 0.4) is 0 Å². The van der Waals surface area contributed by atoms with Crippen LogP contribution in [0.1, 0.15) is 355 Å². The second-order valence-electron chi connectivity index (χ2n) is 21.7. The molecule has 1 unspecified atom stereocenters. The van der Waals surface area contributed by atoms with Gasteiger partial charge in [0, 0.05) is 19.3 Å². The number of ether oxygens (including phenoxy) is 3. The largest absolute Gasteiger partial charge is 0.462 e. The zero-order valence-electron chi connectivity index (χ0n) is 48.0. The minimum atomic E-state index is -0.766. The molecule has 0 heterocycles. The summed E-state index contributed by atoms with van der Waals surface area (Å²) in [6, 6.07) is 0. The van der Waals surface area contributed by atoms with Crippen LogP contribution in [0.5, 0.6) is 0 Å². The summed E-state index contributed by atoms with van der Waals surface area (Å²) in [4.78, 5) is 37.9. The van der Waals surface area contributed by atoms with Crippen LogP contribution in [0.4, 0.5) is 0 Å². The van der Waals surface area contributed by atoms with Gasteiger partial charge in [-0.25, -0.2) is 0 Å². The number of hydrogen-bond acceptors (Lipinski definition) is 6. The minimum absolute atomic E-state index is 0.0682. The highest BCUT2D eigenvalue weighted by molar-refractivity contribution is 5.71. The second-order valence-corrected chi connectivity index (χ2v) is 21.7. The number of carbonyl (C=O) groups is 3. The number of esters is 3. The molecule has 0 aromatic carbocycles. The molecule has 71 heavy (non-hydrogen) atoms. The van der Waals surface area contributed by atoms with Crippen molar-refractivity contribution >= 4 is 17.9 Å². The third-order valence-corrected chi connectivity index (χ3v) is 14.4. The first-order valence-electron chi connectivity index (χ1n) is 31.8. The molecule has 0 aliphatic carbocycles. The van der Waals surface area contributed by atoms with Gasteiger partial charge in [0.15, 0.2) is 6.10 Å². The lowest BCUT2D eigenvalue weighted by atomic mass is 10.0. The van der Waals surface area contributed by atoms with Crippen molar-refractivity contribution in [3.63, 3.8) is 0 Å². The van der Waals surface area contributed by atoms with E-state index in [2.05, 4.69) is 45.1 Å². The van der Waals surface area contributed by atoms with Gasteiger partial charge in [-0.05, 0) is 70.6 Å². The van der Waals surface area contributed by atoms with Crippen LogP contribution in [0.25, 0.3) is 0 Å². The highest BCUT2D eigenvalue weighted by atomic mass is 16.6. The maximum atomic E-state index is 12.8. The first-order chi connectivity index (χ1) is 35.0. The molecule has 0 bridgehead atoms. The zero-order chi connectivity index (χ0) is 51.4. The molecule has 0 aromatic heterocycles. The van der Waals surface area contributed by atoms with E-state index in [9.17, 15) is 14.4 Å². The van der Waals surface area contributed by atoms with Gasteiger partial charge in [0.1, 0.15) is 13.2 Å². The predicted octanol–water partition coefficient (Wildman–Crippen LogP) is 21.4. The van der Waals surface area contributed by atoms with E-state index < -0.39 is 6.10 Å². The molecule has 0 radical (unpaired) electrons. The summed E-state index contributed by atoms with van der Waals surface area (Å²) in [6.45, 7) is 6.61. The molecule has 0 aliphatic rings. The van der Waals surface area contributed by atoms with Crippen LogP contribution in [-0.2, 0) is 28.6 Å². The molecule has 0 amide bonds. The maximum Gasteiger partial charge on any atom is 0.306 e. The first kappa shape index (κ1) is 68.9. The number of unbranched alkanes of at least 4 members (excludes halogenated alkanes) is 44. The van der Waals surface area contributed by atoms with Crippen LogP contribution in [0.15, 0.2) is 24.3 Å². The van der Waals surface area contributed by atoms with Crippen molar-refractivity contribution in [3.8, 4) is 0 Å². The van der Waals surface area contributed by atoms with Gasteiger partial charge in [-0.3, -0.25) is 14.4 Å². The molecule has 0 saturated carbocycles. The summed E-state index contributed by atoms with van der Waals surface area (Å²) in [5.41, 5.74) is 0. The Morgan fingerprint density at radius 1 is 0.268 bits per heavy atom. The van der Waals surface area contributed by atoms with E-state index >= 15 is 0 Å². The fourth-order valence-electron chi connectivity index (χ4n) is 9.61. The molecular formula is C65H122O6. The summed E-state index contributed by atoms with van der Waals surface area (Å²) in [5, 5.41) is 0. The lowest BCUT2D eigenvalue weighted by molar-refractivity contribution is -0.167. The molecular weight excluding hydrogens is 877 g/mol. The highest BCUT2D eigenvalue weighted by Gasteiger charge is 2.19. The van der Waals surface area contributed by atoms with E-state index in [0.29, 0.717) is 19.3 Å². The van der Waals surface area contributed by atoms with Crippen molar-refractivity contribution in [3.05, 3.63) is 24.3 Å². The average Bonchev–Trinajstić information content (AvgIpc) is 3.37. The molecule has 0 fully saturated rings. The van der Waals surface area contributed by atoms with E-state index in [4.69, 9.17) is 14.2 Å². The second kappa shape index (κ2) is 60.4. The van der Waals surface area contributed by atoms with E-state index in [-0.39, 0.29) is 31.1 Å². The van der Waals surface area contributed by atoms with Crippen LogP contribution >= 0.6 is 0 Å². The van der Waals surface area contributed by atoms with Crippen LogP contribution in [-0.4, -0.2) is 37.2 Å².